The monoisotopic (exact) mass is 311 g/mol. The van der Waals surface area contributed by atoms with Crippen LogP contribution < -0.4 is 5.32 Å². The van der Waals surface area contributed by atoms with Gasteiger partial charge in [0, 0.05) is 11.4 Å². The summed E-state index contributed by atoms with van der Waals surface area (Å²) in [7, 11) is 0. The van der Waals surface area contributed by atoms with Gasteiger partial charge in [0.05, 0.1) is 0 Å². The van der Waals surface area contributed by atoms with Gasteiger partial charge in [0.1, 0.15) is 0 Å². The van der Waals surface area contributed by atoms with Gasteiger partial charge in [-0.3, -0.25) is 0 Å². The molecule has 0 radical (unpaired) electrons. The molecule has 3 aromatic carbocycles. The van der Waals surface area contributed by atoms with E-state index in [0.29, 0.717) is 0 Å². The lowest BCUT2D eigenvalue weighted by atomic mass is 10.1. The molecular weight excluding hydrogens is 290 g/mol. The smallest absolute Gasteiger partial charge is 0.0390 e. The molecule has 0 spiro atoms. The number of hydrogen-bond acceptors (Lipinski definition) is 1. The van der Waals surface area contributed by atoms with Crippen LogP contribution in [0.1, 0.15) is 12.5 Å². The van der Waals surface area contributed by atoms with Crippen LogP contribution in [0.3, 0.4) is 0 Å². The van der Waals surface area contributed by atoms with Crippen molar-refractivity contribution in [1.29, 1.82) is 0 Å². The van der Waals surface area contributed by atoms with Crippen molar-refractivity contribution in [2.24, 2.45) is 0 Å². The molecule has 3 aromatic rings. The SMILES string of the molecule is C/C=C\C(=C/c1ccccc1)Nc1cccc(-c2ccccc2)c1. The van der Waals surface area contributed by atoms with E-state index in [4.69, 9.17) is 0 Å². The maximum Gasteiger partial charge on any atom is 0.0390 e. The Morgan fingerprint density at radius 1 is 0.750 bits per heavy atom. The second-order valence-corrected chi connectivity index (χ2v) is 5.58. The number of anilines is 1. The molecule has 0 saturated heterocycles. The highest BCUT2D eigenvalue weighted by Crippen LogP contribution is 2.23. The second kappa shape index (κ2) is 7.98. The van der Waals surface area contributed by atoms with Gasteiger partial charge in [0.25, 0.3) is 0 Å². The van der Waals surface area contributed by atoms with Crippen molar-refractivity contribution in [3.8, 4) is 11.1 Å². The topological polar surface area (TPSA) is 12.0 Å². The first-order chi connectivity index (χ1) is 11.8. The standard InChI is InChI=1S/C23H21N/c1-2-10-22(17-19-11-5-3-6-12-19)24-23-16-9-15-21(18-23)20-13-7-4-8-14-20/h2-18,24H,1H3/b10-2-,22-17+. The zero-order chi connectivity index (χ0) is 16.6. The molecule has 1 nitrogen and oxygen atoms in total. The number of rotatable bonds is 5. The lowest BCUT2D eigenvalue weighted by Gasteiger charge is -2.10. The highest BCUT2D eigenvalue weighted by atomic mass is 14.9. The van der Waals surface area contributed by atoms with Crippen LogP contribution in [0.15, 0.2) is 103 Å². The highest BCUT2D eigenvalue weighted by Gasteiger charge is 2.00. The Morgan fingerprint density at radius 3 is 2.12 bits per heavy atom. The molecule has 0 unspecified atom stereocenters. The Kier molecular flexibility index (Phi) is 5.26. The Labute approximate surface area is 144 Å². The van der Waals surface area contributed by atoms with Crippen LogP contribution in [-0.2, 0) is 0 Å². The molecule has 0 aliphatic carbocycles. The summed E-state index contributed by atoms with van der Waals surface area (Å²) in [6.45, 7) is 2.03. The van der Waals surface area contributed by atoms with E-state index >= 15 is 0 Å². The summed E-state index contributed by atoms with van der Waals surface area (Å²) in [6.07, 6.45) is 6.28. The molecule has 24 heavy (non-hydrogen) atoms. The van der Waals surface area contributed by atoms with E-state index in [0.717, 1.165) is 11.4 Å². The van der Waals surface area contributed by atoms with Crippen molar-refractivity contribution in [2.45, 2.75) is 6.92 Å². The van der Waals surface area contributed by atoms with E-state index in [1.807, 2.05) is 25.1 Å². The fraction of sp³-hybridized carbons (Fsp3) is 0.0435. The average molecular weight is 311 g/mol. The molecule has 0 fully saturated rings. The molecule has 0 amide bonds. The van der Waals surface area contributed by atoms with E-state index in [2.05, 4.69) is 90.3 Å². The van der Waals surface area contributed by atoms with Crippen LogP contribution in [0, 0.1) is 0 Å². The maximum atomic E-state index is 3.51. The average Bonchev–Trinajstić information content (AvgIpc) is 2.64. The number of hydrogen-bond donors (Lipinski definition) is 1. The molecule has 0 bridgehead atoms. The Hall–Kier alpha value is -3.06. The zero-order valence-electron chi connectivity index (χ0n) is 13.8. The summed E-state index contributed by atoms with van der Waals surface area (Å²) >= 11 is 0. The van der Waals surface area contributed by atoms with E-state index in [1.54, 1.807) is 0 Å². The molecule has 0 saturated carbocycles. The summed E-state index contributed by atoms with van der Waals surface area (Å²) in [5.74, 6) is 0. The van der Waals surface area contributed by atoms with Gasteiger partial charge >= 0.3 is 0 Å². The number of benzene rings is 3. The molecule has 0 atom stereocenters. The highest BCUT2D eigenvalue weighted by molar-refractivity contribution is 5.70. The minimum atomic E-state index is 1.06. The third-order valence-electron chi connectivity index (χ3n) is 3.73. The van der Waals surface area contributed by atoms with E-state index < -0.39 is 0 Å². The molecule has 0 aliphatic rings. The second-order valence-electron chi connectivity index (χ2n) is 5.58. The molecule has 0 aromatic heterocycles. The quantitative estimate of drug-likeness (QED) is 0.539. The third-order valence-corrected chi connectivity index (χ3v) is 3.73. The minimum Gasteiger partial charge on any atom is -0.356 e. The first kappa shape index (κ1) is 15.8. The summed E-state index contributed by atoms with van der Waals surface area (Å²) in [4.78, 5) is 0. The number of allylic oxidation sites excluding steroid dienone is 2. The molecule has 0 heterocycles. The van der Waals surface area contributed by atoms with Gasteiger partial charge in [0.15, 0.2) is 0 Å². The molecular formula is C23H21N. The molecule has 1 N–H and O–H groups in total. The molecule has 3 rings (SSSR count). The lowest BCUT2D eigenvalue weighted by molar-refractivity contribution is 1.47. The van der Waals surface area contributed by atoms with Crippen molar-refractivity contribution in [1.82, 2.24) is 0 Å². The van der Waals surface area contributed by atoms with Gasteiger partial charge in [-0.2, -0.15) is 0 Å². The summed E-state index contributed by atoms with van der Waals surface area (Å²) in [5.41, 5.74) is 5.75. The van der Waals surface area contributed by atoms with Gasteiger partial charge in [-0.05, 0) is 47.9 Å². The minimum absolute atomic E-state index is 1.06. The lowest BCUT2D eigenvalue weighted by Crippen LogP contribution is -1.97. The predicted molar refractivity (Wildman–Crippen MR) is 105 cm³/mol. The Morgan fingerprint density at radius 2 is 1.42 bits per heavy atom. The van der Waals surface area contributed by atoms with Crippen molar-refractivity contribution < 1.29 is 0 Å². The van der Waals surface area contributed by atoms with Crippen LogP contribution in [0.4, 0.5) is 5.69 Å². The third kappa shape index (κ3) is 4.23. The largest absolute Gasteiger partial charge is 0.356 e. The van der Waals surface area contributed by atoms with E-state index in [9.17, 15) is 0 Å². The van der Waals surface area contributed by atoms with Crippen molar-refractivity contribution in [2.75, 3.05) is 5.32 Å². The van der Waals surface area contributed by atoms with Crippen molar-refractivity contribution in [3.05, 3.63) is 108 Å². The van der Waals surface area contributed by atoms with E-state index in [1.165, 1.54) is 16.7 Å². The van der Waals surface area contributed by atoms with Crippen LogP contribution in [0.25, 0.3) is 17.2 Å². The first-order valence-corrected chi connectivity index (χ1v) is 8.17. The van der Waals surface area contributed by atoms with Crippen molar-refractivity contribution >= 4 is 11.8 Å². The molecule has 1 heteroatoms. The summed E-state index contributed by atoms with van der Waals surface area (Å²) in [5, 5.41) is 3.51. The first-order valence-electron chi connectivity index (χ1n) is 8.17. The van der Waals surface area contributed by atoms with E-state index in [-0.39, 0.29) is 0 Å². The molecule has 0 aliphatic heterocycles. The van der Waals surface area contributed by atoms with Gasteiger partial charge in [-0.25, -0.2) is 0 Å². The van der Waals surface area contributed by atoms with Crippen LogP contribution in [0.2, 0.25) is 0 Å². The summed E-state index contributed by atoms with van der Waals surface area (Å²) in [6, 6.07) is 29.3. The van der Waals surface area contributed by atoms with Gasteiger partial charge in [0.2, 0.25) is 0 Å². The molecule has 118 valence electrons. The Balaban J connectivity index is 1.87. The fourth-order valence-corrected chi connectivity index (χ4v) is 2.61. The van der Waals surface area contributed by atoms with Gasteiger partial charge < -0.3 is 5.32 Å². The predicted octanol–water partition coefficient (Wildman–Crippen LogP) is 6.38. The van der Waals surface area contributed by atoms with Crippen LogP contribution in [0.5, 0.6) is 0 Å². The number of nitrogens with one attached hydrogen (secondary N) is 1. The van der Waals surface area contributed by atoms with Crippen LogP contribution in [-0.4, -0.2) is 0 Å². The van der Waals surface area contributed by atoms with Gasteiger partial charge in [-0.1, -0.05) is 78.9 Å². The summed E-state index contributed by atoms with van der Waals surface area (Å²) < 4.78 is 0. The zero-order valence-corrected chi connectivity index (χ0v) is 13.8. The maximum absolute atomic E-state index is 3.51. The van der Waals surface area contributed by atoms with Gasteiger partial charge in [-0.15, -0.1) is 0 Å². The Bertz CT molecular complexity index is 830. The fourth-order valence-electron chi connectivity index (χ4n) is 2.61. The van der Waals surface area contributed by atoms with Crippen molar-refractivity contribution in [3.63, 3.8) is 0 Å². The van der Waals surface area contributed by atoms with Crippen LogP contribution >= 0.6 is 0 Å². The normalized spacial score (nSPS) is 11.6.